The van der Waals surface area contributed by atoms with Crippen molar-refractivity contribution in [3.8, 4) is 18.1 Å². The van der Waals surface area contributed by atoms with Crippen LogP contribution in [0.2, 0.25) is 0 Å². The number of imide groups is 1. The van der Waals surface area contributed by atoms with Crippen LogP contribution in [0.1, 0.15) is 51.0 Å². The van der Waals surface area contributed by atoms with Crippen molar-refractivity contribution in [2.24, 2.45) is 5.10 Å². The van der Waals surface area contributed by atoms with Crippen LogP contribution < -0.4 is 15.5 Å². The fraction of sp³-hybridized carbons (Fsp3) is 0.333. The van der Waals surface area contributed by atoms with E-state index in [1.165, 1.54) is 6.21 Å². The van der Waals surface area contributed by atoms with Crippen molar-refractivity contribution in [3.63, 3.8) is 0 Å². The lowest BCUT2D eigenvalue weighted by Crippen LogP contribution is -2.36. The third kappa shape index (κ3) is 7.14. The van der Waals surface area contributed by atoms with Crippen molar-refractivity contribution < 1.29 is 19.1 Å². The van der Waals surface area contributed by atoms with E-state index in [9.17, 15) is 14.4 Å². The number of benzene rings is 1. The lowest BCUT2D eigenvalue weighted by atomic mass is 10.2. The van der Waals surface area contributed by atoms with Crippen molar-refractivity contribution >= 4 is 35.0 Å². The van der Waals surface area contributed by atoms with Crippen molar-refractivity contribution in [2.45, 2.75) is 45.4 Å². The van der Waals surface area contributed by atoms with Crippen LogP contribution in [0.3, 0.4) is 0 Å². The molecule has 152 valence electrons. The first-order chi connectivity index (χ1) is 14.0. The van der Waals surface area contributed by atoms with Gasteiger partial charge < -0.3 is 9.72 Å². The van der Waals surface area contributed by atoms with Crippen LogP contribution in [0.15, 0.2) is 29.5 Å². The van der Waals surface area contributed by atoms with Crippen molar-refractivity contribution in [1.82, 2.24) is 15.7 Å². The van der Waals surface area contributed by atoms with Gasteiger partial charge in [-0.15, -0.1) is 12.3 Å². The Kier molecular flexibility index (Phi) is 8.45. The van der Waals surface area contributed by atoms with Gasteiger partial charge in [0.05, 0.1) is 6.21 Å². The zero-order chi connectivity index (χ0) is 21.1. The molecule has 0 fully saturated rings. The first-order valence-electron chi connectivity index (χ1n) is 9.41. The molecule has 8 heteroatoms. The van der Waals surface area contributed by atoms with Crippen molar-refractivity contribution in [1.29, 1.82) is 0 Å². The summed E-state index contributed by atoms with van der Waals surface area (Å²) in [5.74, 6) is 2.19. The van der Waals surface area contributed by atoms with E-state index < -0.39 is 6.03 Å². The highest BCUT2D eigenvalue weighted by Crippen LogP contribution is 2.23. The maximum absolute atomic E-state index is 11.8. The first-order valence-corrected chi connectivity index (χ1v) is 9.41. The molecule has 3 N–H and O–H groups in total. The molecule has 0 bridgehead atoms. The quantitative estimate of drug-likeness (QED) is 0.151. The Bertz CT molecular complexity index is 940. The molecule has 0 aliphatic rings. The number of esters is 1. The van der Waals surface area contributed by atoms with Crippen molar-refractivity contribution in [3.05, 3.63) is 30.0 Å². The number of aromatic amines is 1. The molecule has 0 radical (unpaired) electrons. The third-order valence-corrected chi connectivity index (χ3v) is 4.00. The number of carbonyl (C=O) groups excluding carboxylic acids is 3. The number of hydrogen-bond acceptors (Lipinski definition) is 5. The molecule has 0 unspecified atom stereocenters. The molecule has 29 heavy (non-hydrogen) atoms. The molecule has 1 aromatic heterocycles. The van der Waals surface area contributed by atoms with Crippen LogP contribution >= 0.6 is 0 Å². The second-order valence-electron chi connectivity index (χ2n) is 6.33. The van der Waals surface area contributed by atoms with E-state index >= 15 is 0 Å². The number of aromatic nitrogens is 1. The van der Waals surface area contributed by atoms with E-state index in [-0.39, 0.29) is 18.3 Å². The molecule has 0 aliphatic heterocycles. The van der Waals surface area contributed by atoms with E-state index in [0.29, 0.717) is 37.0 Å². The van der Waals surface area contributed by atoms with Crippen LogP contribution in [0.5, 0.6) is 5.75 Å². The van der Waals surface area contributed by atoms with E-state index in [1.807, 2.05) is 6.92 Å². The topological polar surface area (TPSA) is 113 Å². The number of hydrazone groups is 1. The summed E-state index contributed by atoms with van der Waals surface area (Å²) in [6.07, 6.45) is 11.5. The van der Waals surface area contributed by atoms with Gasteiger partial charge >= 0.3 is 12.0 Å². The molecule has 1 heterocycles. The smallest absolute Gasteiger partial charge is 0.341 e. The summed E-state index contributed by atoms with van der Waals surface area (Å²) in [4.78, 5) is 38.1. The summed E-state index contributed by atoms with van der Waals surface area (Å²) < 4.78 is 5.33. The zero-order valence-electron chi connectivity index (χ0n) is 16.3. The monoisotopic (exact) mass is 396 g/mol. The second-order valence-corrected chi connectivity index (χ2v) is 6.33. The molecule has 0 saturated heterocycles. The Hall–Kier alpha value is -3.60. The summed E-state index contributed by atoms with van der Waals surface area (Å²) in [5, 5.41) is 6.82. The minimum absolute atomic E-state index is 0.250. The number of carbonyl (C=O) groups is 3. The number of H-pyrrole nitrogens is 1. The van der Waals surface area contributed by atoms with Gasteiger partial charge in [-0.1, -0.05) is 13.3 Å². The van der Waals surface area contributed by atoms with Gasteiger partial charge in [0, 0.05) is 41.9 Å². The molecule has 8 nitrogen and oxygen atoms in total. The second kappa shape index (κ2) is 11.3. The summed E-state index contributed by atoms with van der Waals surface area (Å²) in [5.41, 5.74) is 3.75. The Morgan fingerprint density at radius 2 is 2.10 bits per heavy atom. The predicted molar refractivity (Wildman–Crippen MR) is 110 cm³/mol. The predicted octanol–water partition coefficient (Wildman–Crippen LogP) is 3.23. The van der Waals surface area contributed by atoms with Crippen LogP contribution in [0.4, 0.5) is 4.79 Å². The fourth-order valence-corrected chi connectivity index (χ4v) is 2.52. The molecular weight excluding hydrogens is 372 g/mol. The largest absolute Gasteiger partial charge is 0.427 e. The molecule has 3 amide bonds. The van der Waals surface area contributed by atoms with Crippen molar-refractivity contribution in [2.75, 3.05) is 0 Å². The van der Waals surface area contributed by atoms with E-state index in [2.05, 4.69) is 26.7 Å². The molecule has 2 aromatic rings. The molecule has 0 atom stereocenters. The van der Waals surface area contributed by atoms with Gasteiger partial charge in [0.2, 0.25) is 5.91 Å². The normalized spacial score (nSPS) is 10.6. The number of ether oxygens (including phenoxy) is 1. The highest BCUT2D eigenvalue weighted by atomic mass is 16.5. The maximum Gasteiger partial charge on any atom is 0.341 e. The Morgan fingerprint density at radius 1 is 1.28 bits per heavy atom. The summed E-state index contributed by atoms with van der Waals surface area (Å²) in [6.45, 7) is 1.96. The van der Waals surface area contributed by atoms with Crippen LogP contribution in [-0.2, 0) is 9.59 Å². The number of hydrogen-bond donors (Lipinski definition) is 3. The summed E-state index contributed by atoms with van der Waals surface area (Å²) in [6, 6.07) is 4.49. The van der Waals surface area contributed by atoms with Gasteiger partial charge in [0.1, 0.15) is 5.75 Å². The highest BCUT2D eigenvalue weighted by Gasteiger charge is 2.09. The van der Waals surface area contributed by atoms with Gasteiger partial charge in [-0.05, 0) is 31.0 Å². The molecular formula is C21H24N4O4. The van der Waals surface area contributed by atoms with E-state index in [1.54, 1.807) is 24.4 Å². The summed E-state index contributed by atoms with van der Waals surface area (Å²) >= 11 is 0. The standard InChI is InChI=1S/C21H24N4O4/c1-3-5-7-9-20(27)29-16-10-11-18-17(12-16)15(13-22-18)14-23-25-21(28)24-19(26)8-6-4-2/h1,10-14,22H,4-9H2,2H3,(H2,24,25,26,28)/b23-14+. The number of nitrogens with one attached hydrogen (secondary N) is 3. The van der Waals surface area contributed by atoms with Gasteiger partial charge in [-0.25, -0.2) is 10.2 Å². The number of nitrogens with zero attached hydrogens (tertiary/aromatic N) is 1. The minimum Gasteiger partial charge on any atom is -0.427 e. The fourth-order valence-electron chi connectivity index (χ4n) is 2.52. The third-order valence-electron chi connectivity index (χ3n) is 4.00. The lowest BCUT2D eigenvalue weighted by molar-refractivity contribution is -0.134. The van der Waals surface area contributed by atoms with E-state index in [0.717, 1.165) is 17.3 Å². The summed E-state index contributed by atoms with van der Waals surface area (Å²) in [7, 11) is 0. The molecule has 0 spiro atoms. The molecule has 1 aromatic carbocycles. The van der Waals surface area contributed by atoms with Gasteiger partial charge in [0.15, 0.2) is 0 Å². The SMILES string of the molecule is C#CCCCC(=O)Oc1ccc2[nH]cc(/C=N/NC(=O)NC(=O)CCCC)c2c1. The maximum atomic E-state index is 11.8. The number of rotatable bonds is 9. The molecule has 2 rings (SSSR count). The van der Waals surface area contributed by atoms with Crippen LogP contribution in [0.25, 0.3) is 10.9 Å². The van der Waals surface area contributed by atoms with E-state index in [4.69, 9.17) is 11.2 Å². The molecule has 0 saturated carbocycles. The molecule has 0 aliphatic carbocycles. The number of terminal acetylenes is 1. The van der Waals surface area contributed by atoms with Gasteiger partial charge in [0.25, 0.3) is 0 Å². The lowest BCUT2D eigenvalue weighted by Gasteiger charge is -2.04. The first kappa shape index (κ1) is 21.7. The Balaban J connectivity index is 1.96. The van der Waals surface area contributed by atoms with Gasteiger partial charge in [-0.2, -0.15) is 5.10 Å². The Labute approximate surface area is 169 Å². The number of unbranched alkanes of at least 4 members (excludes halogenated alkanes) is 2. The number of urea groups is 1. The minimum atomic E-state index is -0.691. The average molecular weight is 396 g/mol. The Morgan fingerprint density at radius 3 is 2.86 bits per heavy atom. The van der Waals surface area contributed by atoms with Gasteiger partial charge in [-0.3, -0.25) is 14.9 Å². The van der Waals surface area contributed by atoms with Crippen LogP contribution in [0, 0.1) is 12.3 Å². The average Bonchev–Trinajstić information content (AvgIpc) is 3.09. The van der Waals surface area contributed by atoms with Crippen LogP contribution in [-0.4, -0.2) is 29.1 Å². The highest BCUT2D eigenvalue weighted by molar-refractivity contribution is 6.00. The number of amides is 3. The zero-order valence-corrected chi connectivity index (χ0v) is 16.3. The number of fused-ring (bicyclic) bond motifs is 1.